The van der Waals surface area contributed by atoms with Gasteiger partial charge < -0.3 is 9.79 Å². The molecule has 0 bridgehead atoms. The second-order valence-corrected chi connectivity index (χ2v) is 4.01. The summed E-state index contributed by atoms with van der Waals surface area (Å²) in [7, 11) is -1.97. The molecule has 4 nitrogen and oxygen atoms in total. The molecule has 0 aromatic carbocycles. The monoisotopic (exact) mass is 191 g/mol. The van der Waals surface area contributed by atoms with Crippen LogP contribution < -0.4 is 0 Å². The normalized spacial score (nSPS) is 11.7. The van der Waals surface area contributed by atoms with Crippen LogP contribution in [0.4, 0.5) is 0 Å². The molecular formula is C7H16N2O2P+. The van der Waals surface area contributed by atoms with Crippen LogP contribution in [0.15, 0.2) is 0 Å². The van der Waals surface area contributed by atoms with Gasteiger partial charge in [0.25, 0.3) is 0 Å². The van der Waals surface area contributed by atoms with Gasteiger partial charge in [-0.1, -0.05) is 0 Å². The quantitative estimate of drug-likeness (QED) is 0.636. The molecule has 0 radical (unpaired) electrons. The first-order valence-electron chi connectivity index (χ1n) is 4.04. The van der Waals surface area contributed by atoms with E-state index in [1.807, 2.05) is 19.9 Å². The van der Waals surface area contributed by atoms with Crippen molar-refractivity contribution in [3.8, 4) is 6.07 Å². The molecular weight excluding hydrogens is 175 g/mol. The Morgan fingerprint density at radius 2 is 1.83 bits per heavy atom. The van der Waals surface area contributed by atoms with Gasteiger partial charge in [-0.05, 0) is 13.8 Å². The molecule has 0 aliphatic carbocycles. The van der Waals surface area contributed by atoms with Gasteiger partial charge >= 0.3 is 8.53 Å². The molecule has 0 amide bonds. The average molecular weight is 191 g/mol. The van der Waals surface area contributed by atoms with Gasteiger partial charge in [0.05, 0.1) is 32.1 Å². The summed E-state index contributed by atoms with van der Waals surface area (Å²) in [6.07, 6.45) is 0.377. The fourth-order valence-corrected chi connectivity index (χ4v) is 1.93. The Balaban J connectivity index is 4.27. The molecule has 0 spiro atoms. The second-order valence-electron chi connectivity index (χ2n) is 2.63. The minimum atomic E-state index is -1.97. The third-order valence-electron chi connectivity index (χ3n) is 2.20. The minimum Gasteiger partial charge on any atom is -0.303 e. The van der Waals surface area contributed by atoms with E-state index in [0.717, 1.165) is 0 Å². The average Bonchev–Trinajstić information content (AvgIpc) is 2.07. The zero-order valence-corrected chi connectivity index (χ0v) is 8.46. The first-order chi connectivity index (χ1) is 5.63. The molecule has 0 aliphatic heterocycles. The Bertz CT molecular complexity index is 163. The largest absolute Gasteiger partial charge is 0.413 e. The molecule has 0 fully saturated rings. The molecule has 2 N–H and O–H groups in total. The van der Waals surface area contributed by atoms with E-state index in [-0.39, 0.29) is 4.25 Å². The fourth-order valence-electron chi connectivity index (χ4n) is 1.14. The van der Waals surface area contributed by atoms with Crippen molar-refractivity contribution in [3.05, 3.63) is 0 Å². The highest BCUT2D eigenvalue weighted by atomic mass is 31.2. The topological polar surface area (TPSA) is 64.2 Å². The number of hydrogen-bond acceptors (Lipinski definition) is 3. The Kier molecular flexibility index (Phi) is 5.36. The van der Waals surface area contributed by atoms with Gasteiger partial charge in [-0.2, -0.15) is 5.26 Å². The molecule has 0 aliphatic rings. The smallest absolute Gasteiger partial charge is 0.303 e. The van der Waals surface area contributed by atoms with Crippen LogP contribution in [0.25, 0.3) is 0 Å². The standard InChI is InChI=1S/C7H16N2O2P/c1-3-9(4-2,12(10)11)7-5-6-8/h10-11H,3-5,7H2,1-2H3/q+1. The molecule has 0 aromatic heterocycles. The van der Waals surface area contributed by atoms with Crippen LogP contribution in [0.3, 0.4) is 0 Å². The maximum Gasteiger partial charge on any atom is 0.413 e. The SMILES string of the molecule is CC[N+](CC)(CCC#N)P(O)O. The van der Waals surface area contributed by atoms with Crippen LogP contribution in [0.5, 0.6) is 0 Å². The van der Waals surface area contributed by atoms with Crippen molar-refractivity contribution < 1.29 is 14.0 Å². The third kappa shape index (κ3) is 2.69. The lowest BCUT2D eigenvalue weighted by Crippen LogP contribution is -2.42. The molecule has 0 atom stereocenters. The van der Waals surface area contributed by atoms with E-state index in [2.05, 4.69) is 0 Å². The van der Waals surface area contributed by atoms with E-state index in [0.29, 0.717) is 26.1 Å². The Hall–Kier alpha value is -0.200. The van der Waals surface area contributed by atoms with Crippen molar-refractivity contribution in [2.24, 2.45) is 0 Å². The zero-order valence-electron chi connectivity index (χ0n) is 7.56. The van der Waals surface area contributed by atoms with E-state index in [4.69, 9.17) is 5.26 Å². The number of rotatable bonds is 5. The van der Waals surface area contributed by atoms with E-state index < -0.39 is 8.53 Å². The van der Waals surface area contributed by atoms with Crippen LogP contribution >= 0.6 is 8.53 Å². The minimum absolute atomic E-state index is 0.253. The van der Waals surface area contributed by atoms with Crippen molar-refractivity contribution in [1.29, 1.82) is 5.26 Å². The van der Waals surface area contributed by atoms with Crippen LogP contribution in [0.2, 0.25) is 0 Å². The highest BCUT2D eigenvalue weighted by Crippen LogP contribution is 2.39. The van der Waals surface area contributed by atoms with Crippen molar-refractivity contribution in [3.63, 3.8) is 0 Å². The van der Waals surface area contributed by atoms with Crippen LogP contribution in [-0.2, 0) is 0 Å². The van der Waals surface area contributed by atoms with Crippen LogP contribution in [0, 0.1) is 11.3 Å². The second kappa shape index (κ2) is 5.45. The van der Waals surface area contributed by atoms with E-state index in [1.165, 1.54) is 0 Å². The van der Waals surface area contributed by atoms with Crippen molar-refractivity contribution in [1.82, 2.24) is 0 Å². The van der Waals surface area contributed by atoms with Gasteiger partial charge in [0, 0.05) is 0 Å². The number of hydrogen-bond donors (Lipinski definition) is 2. The summed E-state index contributed by atoms with van der Waals surface area (Å²) >= 11 is 0. The zero-order chi connectivity index (χ0) is 9.61. The van der Waals surface area contributed by atoms with E-state index in [1.54, 1.807) is 0 Å². The van der Waals surface area contributed by atoms with Crippen molar-refractivity contribution >= 4 is 8.53 Å². The molecule has 5 heteroatoms. The molecule has 12 heavy (non-hydrogen) atoms. The summed E-state index contributed by atoms with van der Waals surface area (Å²) in [5.41, 5.74) is 0. The molecule has 0 heterocycles. The van der Waals surface area contributed by atoms with Gasteiger partial charge in [0.15, 0.2) is 0 Å². The highest BCUT2D eigenvalue weighted by molar-refractivity contribution is 7.38. The van der Waals surface area contributed by atoms with Gasteiger partial charge in [0.1, 0.15) is 0 Å². The molecule has 0 rings (SSSR count). The van der Waals surface area contributed by atoms with Crippen LogP contribution in [0.1, 0.15) is 20.3 Å². The maximum atomic E-state index is 9.17. The summed E-state index contributed by atoms with van der Waals surface area (Å²) in [4.78, 5) is 18.3. The molecule has 0 saturated heterocycles. The highest BCUT2D eigenvalue weighted by Gasteiger charge is 2.33. The maximum absolute atomic E-state index is 9.17. The fraction of sp³-hybridized carbons (Fsp3) is 0.857. The lowest BCUT2D eigenvalue weighted by atomic mass is 10.4. The van der Waals surface area contributed by atoms with Gasteiger partial charge in [-0.15, -0.1) is 0 Å². The predicted molar refractivity (Wildman–Crippen MR) is 47.8 cm³/mol. The van der Waals surface area contributed by atoms with E-state index >= 15 is 0 Å². The van der Waals surface area contributed by atoms with Crippen molar-refractivity contribution in [2.45, 2.75) is 20.3 Å². The molecule has 70 valence electrons. The first kappa shape index (κ1) is 11.8. The predicted octanol–water partition coefficient (Wildman–Crippen LogP) is 0.968. The van der Waals surface area contributed by atoms with Gasteiger partial charge in [-0.25, -0.2) is 0 Å². The summed E-state index contributed by atoms with van der Waals surface area (Å²) in [5, 5.41) is 8.39. The van der Waals surface area contributed by atoms with Crippen molar-refractivity contribution in [2.75, 3.05) is 19.6 Å². The molecule has 0 unspecified atom stereocenters. The van der Waals surface area contributed by atoms with Gasteiger partial charge in [0.2, 0.25) is 0 Å². The number of nitrogens with zero attached hydrogens (tertiary/aromatic N) is 2. The lowest BCUT2D eigenvalue weighted by Gasteiger charge is -2.34. The molecule has 0 aromatic rings. The summed E-state index contributed by atoms with van der Waals surface area (Å²) in [5.74, 6) is 0. The number of quaternary nitrogens is 1. The first-order valence-corrected chi connectivity index (χ1v) is 5.24. The van der Waals surface area contributed by atoms with Gasteiger partial charge in [-0.3, -0.25) is 4.25 Å². The van der Waals surface area contributed by atoms with E-state index in [9.17, 15) is 9.79 Å². The Morgan fingerprint density at radius 3 is 2.08 bits per heavy atom. The number of nitriles is 1. The lowest BCUT2D eigenvalue weighted by molar-refractivity contribution is -0.813. The van der Waals surface area contributed by atoms with Crippen LogP contribution in [-0.4, -0.2) is 33.7 Å². The Morgan fingerprint density at radius 1 is 1.33 bits per heavy atom. The third-order valence-corrected chi connectivity index (χ3v) is 3.72. The summed E-state index contributed by atoms with van der Waals surface area (Å²) < 4.78 is 0.253. The summed E-state index contributed by atoms with van der Waals surface area (Å²) in [6.45, 7) is 5.67. The Labute approximate surface area is 74.6 Å². The molecule has 0 saturated carbocycles. The summed E-state index contributed by atoms with van der Waals surface area (Å²) in [6, 6.07) is 2.02.